The standard InChI is InChI=1S/C14H4N2O2S2.C2H6O2S2/c15-5-9-10(6-16)20-14-12(18)8-4-2-1-3-7(8)11(17)13(14)19-9;1-2-6(3,4)5/h1-4H;2H2,1H3,(H,3,4,5). The van der Waals surface area contributed by atoms with Gasteiger partial charge in [-0.2, -0.15) is 10.5 Å². The van der Waals surface area contributed by atoms with Crippen molar-refractivity contribution in [1.29, 1.82) is 10.5 Å². The summed E-state index contributed by atoms with van der Waals surface area (Å²) in [5.74, 6) is 0.169. The van der Waals surface area contributed by atoms with Gasteiger partial charge in [0.2, 0.25) is 10.9 Å². The molecule has 0 saturated heterocycles. The minimum Gasteiger partial charge on any atom is -0.306 e. The molecule has 1 aromatic rings. The van der Waals surface area contributed by atoms with Crippen molar-refractivity contribution < 1.29 is 8.76 Å². The van der Waals surface area contributed by atoms with Crippen LogP contribution in [0.4, 0.5) is 0 Å². The Hall–Kier alpha value is -2.21. The van der Waals surface area contributed by atoms with E-state index < -0.39 is 8.77 Å². The summed E-state index contributed by atoms with van der Waals surface area (Å²) in [4.78, 5) is 25.1. The van der Waals surface area contributed by atoms with Gasteiger partial charge in [0.15, 0.2) is 0 Å². The van der Waals surface area contributed by atoms with Gasteiger partial charge in [0, 0.05) is 27.7 Å². The van der Waals surface area contributed by atoms with E-state index in [0.717, 1.165) is 22.7 Å². The second kappa shape index (κ2) is 7.99. The van der Waals surface area contributed by atoms with Crippen molar-refractivity contribution >= 4 is 53.4 Å². The van der Waals surface area contributed by atoms with Crippen LogP contribution in [-0.4, -0.2) is 14.5 Å². The molecular formula is C16H10N2O4S4. The Morgan fingerprint density at radius 3 is 1.65 bits per heavy atom. The quantitative estimate of drug-likeness (QED) is 0.639. The molecule has 1 N–H and O–H groups in total. The lowest BCUT2D eigenvalue weighted by molar-refractivity contribution is 0.563. The molecule has 2 aliphatic rings. The highest BCUT2D eigenvalue weighted by molar-refractivity contribution is 8.29. The van der Waals surface area contributed by atoms with Crippen LogP contribution in [0.5, 0.6) is 0 Å². The third-order valence-electron chi connectivity index (χ3n) is 3.22. The zero-order valence-electron chi connectivity index (χ0n) is 13.2. The molecule has 0 aromatic heterocycles. The van der Waals surface area contributed by atoms with Gasteiger partial charge >= 0.3 is 0 Å². The number of rotatable bonds is 1. The van der Waals surface area contributed by atoms with E-state index >= 15 is 0 Å². The molecule has 132 valence electrons. The molecule has 0 bridgehead atoms. The fraction of sp³-hybridized carbons (Fsp3) is 0.125. The van der Waals surface area contributed by atoms with Crippen molar-refractivity contribution in [3.05, 3.63) is 63.5 Å². The molecule has 6 nitrogen and oxygen atoms in total. The molecule has 1 aliphatic carbocycles. The normalized spacial score (nSPS) is 12.5. The van der Waals surface area contributed by atoms with E-state index in [1.165, 1.54) is 0 Å². The van der Waals surface area contributed by atoms with Crippen molar-refractivity contribution in [2.75, 3.05) is 5.75 Å². The van der Waals surface area contributed by atoms with Gasteiger partial charge in [-0.05, 0) is 0 Å². The first-order valence-corrected chi connectivity index (χ1v) is 11.3. The Bertz CT molecular complexity index is 1270. The van der Waals surface area contributed by atoms with Crippen LogP contribution in [-0.2, 0) is 20.0 Å². The summed E-state index contributed by atoms with van der Waals surface area (Å²) < 4.78 is 18.6. The molecule has 1 unspecified atom stereocenters. The van der Waals surface area contributed by atoms with Crippen molar-refractivity contribution in [2.45, 2.75) is 6.92 Å². The summed E-state index contributed by atoms with van der Waals surface area (Å²) in [6.45, 7) is 1.58. The first-order valence-electron chi connectivity index (χ1n) is 7.01. The average molecular weight is 423 g/mol. The van der Waals surface area contributed by atoms with E-state index in [2.05, 4.69) is 11.2 Å². The third-order valence-corrected chi connectivity index (χ3v) is 7.10. The molecule has 10 heteroatoms. The Labute approximate surface area is 160 Å². The maximum Gasteiger partial charge on any atom is 0.205 e. The van der Waals surface area contributed by atoms with Crippen molar-refractivity contribution in [3.8, 4) is 12.1 Å². The highest BCUT2D eigenvalue weighted by Crippen LogP contribution is 2.20. The summed E-state index contributed by atoms with van der Waals surface area (Å²) >= 11 is 5.89. The van der Waals surface area contributed by atoms with E-state index in [4.69, 9.17) is 15.1 Å². The van der Waals surface area contributed by atoms with Gasteiger partial charge in [0.25, 0.3) is 0 Å². The summed E-state index contributed by atoms with van der Waals surface area (Å²) in [6, 6.07) is 10.4. The lowest BCUT2D eigenvalue weighted by Gasteiger charge is -1.98. The maximum atomic E-state index is 12.4. The first kappa shape index (κ1) is 20.1. The van der Waals surface area contributed by atoms with Crippen LogP contribution in [0, 0.1) is 31.7 Å². The fourth-order valence-electron chi connectivity index (χ4n) is 1.96. The molecule has 26 heavy (non-hydrogen) atoms. The van der Waals surface area contributed by atoms with Crippen LogP contribution in [0.25, 0.3) is 10.8 Å². The Morgan fingerprint density at radius 2 is 1.38 bits per heavy atom. The molecule has 3 rings (SSSR count). The van der Waals surface area contributed by atoms with Crippen molar-refractivity contribution in [1.82, 2.24) is 0 Å². The minimum absolute atomic E-state index is 0.164. The topological polar surface area (TPSA) is 119 Å². The second-order valence-electron chi connectivity index (χ2n) is 4.82. The Morgan fingerprint density at radius 1 is 1.04 bits per heavy atom. The zero-order chi connectivity index (χ0) is 19.5. The van der Waals surface area contributed by atoms with Crippen LogP contribution in [0.1, 0.15) is 16.7 Å². The van der Waals surface area contributed by atoms with Crippen molar-refractivity contribution in [2.24, 2.45) is 0 Å². The summed E-state index contributed by atoms with van der Waals surface area (Å²) in [5.41, 5.74) is -0.533. The molecule has 0 radical (unpaired) electrons. The largest absolute Gasteiger partial charge is 0.306 e. The highest BCUT2D eigenvalue weighted by atomic mass is 32.8. The molecule has 1 aromatic carbocycles. The molecule has 0 amide bonds. The van der Waals surface area contributed by atoms with E-state index in [1.807, 2.05) is 12.1 Å². The number of hydrogen-bond donors (Lipinski definition) is 1. The van der Waals surface area contributed by atoms with Crippen LogP contribution in [0.3, 0.4) is 0 Å². The summed E-state index contributed by atoms with van der Waals surface area (Å²) in [7, 11) is -2.83. The Balaban J connectivity index is 0.000000352. The fourth-order valence-corrected chi connectivity index (χ4v) is 4.01. The second-order valence-corrected chi connectivity index (χ2v) is 10.2. The minimum atomic E-state index is -2.83. The number of benzene rings is 1. The van der Waals surface area contributed by atoms with E-state index in [9.17, 15) is 13.8 Å². The Kier molecular flexibility index (Phi) is 6.18. The van der Waals surface area contributed by atoms with Crippen LogP contribution in [0.15, 0.2) is 33.9 Å². The van der Waals surface area contributed by atoms with Crippen molar-refractivity contribution in [3.63, 3.8) is 0 Å². The highest BCUT2D eigenvalue weighted by Gasteiger charge is 2.12. The van der Waals surface area contributed by atoms with Crippen LogP contribution in [0.2, 0.25) is 0 Å². The van der Waals surface area contributed by atoms with Crippen LogP contribution >= 0.6 is 22.7 Å². The third kappa shape index (κ3) is 4.12. The van der Waals surface area contributed by atoms with Crippen LogP contribution < -0.4 is 10.9 Å². The van der Waals surface area contributed by atoms with Gasteiger partial charge in [-0.1, -0.05) is 31.2 Å². The van der Waals surface area contributed by atoms with Gasteiger partial charge in [0.1, 0.15) is 30.7 Å². The summed E-state index contributed by atoms with van der Waals surface area (Å²) in [5, 5.41) is 18.7. The average Bonchev–Trinajstić information content (AvgIpc) is 2.65. The van der Waals surface area contributed by atoms with Gasteiger partial charge in [0.05, 0.1) is 9.06 Å². The van der Waals surface area contributed by atoms with E-state index in [0.29, 0.717) is 10.8 Å². The number of nitriles is 2. The monoisotopic (exact) mass is 422 g/mol. The number of hydrogen-bond acceptors (Lipinski definition) is 8. The van der Waals surface area contributed by atoms with E-state index in [1.54, 1.807) is 31.2 Å². The predicted molar refractivity (Wildman–Crippen MR) is 106 cm³/mol. The predicted octanol–water partition coefficient (Wildman–Crippen LogP) is 2.38. The molecule has 1 aliphatic heterocycles. The molecular weight excluding hydrogens is 412 g/mol. The molecule has 0 spiro atoms. The lowest BCUT2D eigenvalue weighted by atomic mass is 10.1. The number of fused-ring (bicyclic) bond motifs is 1. The molecule has 0 saturated carbocycles. The van der Waals surface area contributed by atoms with Gasteiger partial charge in [-0.15, -0.1) is 22.7 Å². The zero-order valence-corrected chi connectivity index (χ0v) is 16.5. The van der Waals surface area contributed by atoms with Gasteiger partial charge in [-0.3, -0.25) is 9.59 Å². The van der Waals surface area contributed by atoms with E-state index in [-0.39, 0.29) is 35.4 Å². The summed E-state index contributed by atoms with van der Waals surface area (Å²) in [6.07, 6.45) is 0. The first-order chi connectivity index (χ1) is 12.2. The van der Waals surface area contributed by atoms with Gasteiger partial charge in [-0.25, -0.2) is 4.21 Å². The smallest absolute Gasteiger partial charge is 0.205 e. The molecule has 1 atom stereocenters. The maximum absolute atomic E-state index is 12.4. The van der Waals surface area contributed by atoms with Gasteiger partial charge < -0.3 is 4.55 Å². The molecule has 1 heterocycles. The number of nitrogens with zero attached hydrogens (tertiary/aromatic N) is 2. The SMILES string of the molecule is CCS(=O)(O)=S.N#Cc1sc2c(=O)c3ccccc3c(=O)c=2sc1C#N. The molecule has 0 fully saturated rings. The lowest BCUT2D eigenvalue weighted by Crippen LogP contribution is -2.13.